The van der Waals surface area contributed by atoms with E-state index in [4.69, 9.17) is 21.0 Å². The third kappa shape index (κ3) is 6.87. The molecule has 2 heterocycles. The fourth-order valence-corrected chi connectivity index (χ4v) is 8.00. The fraction of sp³-hybridized carbons (Fsp3) is 0.250. The maximum atomic E-state index is 14.2. The first-order chi connectivity index (χ1) is 24.3. The largest absolute Gasteiger partial charge is 0.508 e. The van der Waals surface area contributed by atoms with Crippen molar-refractivity contribution in [3.05, 3.63) is 130 Å². The average Bonchev–Trinajstić information content (AvgIpc) is 3.37. The van der Waals surface area contributed by atoms with Crippen LogP contribution in [0.1, 0.15) is 30.4 Å². The van der Waals surface area contributed by atoms with Crippen LogP contribution in [-0.4, -0.2) is 48.9 Å². The van der Waals surface area contributed by atoms with E-state index in [-0.39, 0.29) is 29.8 Å². The number of carbonyl (C=O) groups excluding carboxylic acids is 2. The Morgan fingerprint density at radius 1 is 0.960 bits per heavy atom. The van der Waals surface area contributed by atoms with Gasteiger partial charge in [0.1, 0.15) is 5.75 Å². The summed E-state index contributed by atoms with van der Waals surface area (Å²) in [5.41, 5.74) is 7.00. The van der Waals surface area contributed by atoms with Crippen LogP contribution >= 0.6 is 11.6 Å². The summed E-state index contributed by atoms with van der Waals surface area (Å²) in [5, 5.41) is 24.7. The molecule has 254 valence electrons. The molecule has 0 unspecified atom stereocenters. The summed E-state index contributed by atoms with van der Waals surface area (Å²) >= 11 is 6.50. The maximum absolute atomic E-state index is 14.2. The Labute approximate surface area is 297 Å². The standard InChI is InChI=1S/C40H38BClN2O6/c1-49-24-28-21-33-38(40(47)44(39(33)46)31-16-14-30(15-17-31)43-29-10-6-3-7-11-29)34-23-41(48)50-36(37(28)34)19-13-26(25-8-4-2-5-9-25)20-27-12-18-32(45)22-35(27)42/h2-12,14-18,20,22,33-34,36,38,43,45,48H,13,19,21,23-24H2,1H3/b26-20-/t33-,34+,36-,38-/m1/s1. The molecule has 3 N–H and O–H groups in total. The van der Waals surface area contributed by atoms with E-state index in [2.05, 4.69) is 5.32 Å². The molecule has 50 heavy (non-hydrogen) atoms. The summed E-state index contributed by atoms with van der Waals surface area (Å²) in [4.78, 5) is 29.6. The average molecular weight is 689 g/mol. The van der Waals surface area contributed by atoms with Crippen molar-refractivity contribution in [3.8, 4) is 5.75 Å². The summed E-state index contributed by atoms with van der Waals surface area (Å²) in [7, 11) is 0.533. The molecule has 0 saturated carbocycles. The molecule has 0 aromatic heterocycles. The molecule has 4 aromatic rings. The number of amides is 2. The highest BCUT2D eigenvalue weighted by molar-refractivity contribution is 6.43. The van der Waals surface area contributed by atoms with Crippen molar-refractivity contribution in [1.29, 1.82) is 0 Å². The summed E-state index contributed by atoms with van der Waals surface area (Å²) in [6.07, 6.45) is 3.22. The number of hydrogen-bond acceptors (Lipinski definition) is 7. The second kappa shape index (κ2) is 14.7. The van der Waals surface area contributed by atoms with E-state index in [1.54, 1.807) is 31.4 Å². The highest BCUT2D eigenvalue weighted by Crippen LogP contribution is 2.51. The predicted octanol–water partition coefficient (Wildman–Crippen LogP) is 7.76. The number of methoxy groups -OCH3 is 1. The number of halogens is 1. The molecule has 2 saturated heterocycles. The molecule has 10 heteroatoms. The fourth-order valence-electron chi connectivity index (χ4n) is 7.77. The van der Waals surface area contributed by atoms with Crippen LogP contribution in [0.25, 0.3) is 11.6 Å². The lowest BCUT2D eigenvalue weighted by Gasteiger charge is -2.43. The first-order valence-corrected chi connectivity index (χ1v) is 17.3. The second-order valence-corrected chi connectivity index (χ2v) is 13.5. The minimum absolute atomic E-state index is 0.0906. The zero-order chi connectivity index (χ0) is 34.8. The summed E-state index contributed by atoms with van der Waals surface area (Å²) in [6, 6.07) is 32.0. The number of aromatic hydroxyl groups is 1. The van der Waals surface area contributed by atoms with Gasteiger partial charge in [-0.25, -0.2) is 0 Å². The van der Waals surface area contributed by atoms with Crippen LogP contribution in [0.5, 0.6) is 5.75 Å². The molecular weight excluding hydrogens is 651 g/mol. The van der Waals surface area contributed by atoms with E-state index in [1.807, 2.05) is 78.9 Å². The van der Waals surface area contributed by atoms with E-state index in [0.717, 1.165) is 39.2 Å². The number of imide groups is 1. The molecule has 0 bridgehead atoms. The molecular formula is C40H38BClN2O6. The molecule has 4 atom stereocenters. The first kappa shape index (κ1) is 33.8. The lowest BCUT2D eigenvalue weighted by Crippen LogP contribution is -2.46. The third-order valence-electron chi connectivity index (χ3n) is 9.95. The normalized spacial score (nSPS) is 22.1. The molecule has 3 aliphatic rings. The van der Waals surface area contributed by atoms with E-state index < -0.39 is 25.1 Å². The van der Waals surface area contributed by atoms with Gasteiger partial charge in [0, 0.05) is 18.5 Å². The topological polar surface area (TPSA) is 108 Å². The highest BCUT2D eigenvalue weighted by atomic mass is 35.5. The van der Waals surface area contributed by atoms with Crippen LogP contribution < -0.4 is 10.2 Å². The molecule has 2 fully saturated rings. The van der Waals surface area contributed by atoms with E-state index in [0.29, 0.717) is 36.6 Å². The predicted molar refractivity (Wildman–Crippen MR) is 197 cm³/mol. The lowest BCUT2D eigenvalue weighted by molar-refractivity contribution is -0.122. The number of hydrogen-bond donors (Lipinski definition) is 3. The van der Waals surface area contributed by atoms with Crippen LogP contribution in [0.3, 0.4) is 0 Å². The van der Waals surface area contributed by atoms with Crippen molar-refractivity contribution >= 4 is 59.2 Å². The van der Waals surface area contributed by atoms with E-state index in [9.17, 15) is 19.7 Å². The maximum Gasteiger partial charge on any atom is 0.455 e. The number of benzene rings is 4. The molecule has 1 aliphatic carbocycles. The quantitative estimate of drug-likeness (QED) is 0.0677. The van der Waals surface area contributed by atoms with Crippen molar-refractivity contribution in [2.75, 3.05) is 23.9 Å². The Kier molecular flexibility index (Phi) is 9.92. The number of para-hydroxylation sites is 1. The lowest BCUT2D eigenvalue weighted by atomic mass is 9.58. The Hall–Kier alpha value is -4.67. The second-order valence-electron chi connectivity index (χ2n) is 13.1. The van der Waals surface area contributed by atoms with Gasteiger partial charge in [-0.15, -0.1) is 0 Å². The highest BCUT2D eigenvalue weighted by Gasteiger charge is 2.57. The molecule has 7 rings (SSSR count). The van der Waals surface area contributed by atoms with Crippen LogP contribution in [-0.2, 0) is 19.0 Å². The number of nitrogens with one attached hydrogen (secondary N) is 1. The first-order valence-electron chi connectivity index (χ1n) is 16.9. The van der Waals surface area contributed by atoms with Crippen LogP contribution in [0.4, 0.5) is 17.1 Å². The number of phenols is 1. The van der Waals surface area contributed by atoms with Crippen molar-refractivity contribution in [2.45, 2.75) is 31.7 Å². The van der Waals surface area contributed by atoms with Gasteiger partial charge in [0.2, 0.25) is 11.8 Å². The van der Waals surface area contributed by atoms with Crippen molar-refractivity contribution in [2.24, 2.45) is 17.8 Å². The minimum Gasteiger partial charge on any atom is -0.508 e. The number of nitrogens with zero attached hydrogens (tertiary/aromatic N) is 1. The van der Waals surface area contributed by atoms with Gasteiger partial charge < -0.3 is 24.8 Å². The SMILES string of the molecule is COCC1=C2[C@@H](CC/C(=C/c3ccc(O)cc3Cl)c3ccccc3)OB(O)C[C@@H]2[C@@H]2C(=O)N(c3ccc(Nc4ccccc4)cc3)C(=O)[C@@H]2C1. The number of phenolic OH excluding ortho intramolecular Hbond substituents is 1. The van der Waals surface area contributed by atoms with Gasteiger partial charge in [-0.3, -0.25) is 14.5 Å². The summed E-state index contributed by atoms with van der Waals surface area (Å²) in [6.45, 7) is 0.302. The van der Waals surface area contributed by atoms with Gasteiger partial charge in [-0.2, -0.15) is 0 Å². The molecule has 4 aromatic carbocycles. The number of anilines is 3. The van der Waals surface area contributed by atoms with Crippen LogP contribution in [0.15, 0.2) is 114 Å². The van der Waals surface area contributed by atoms with Crippen molar-refractivity contribution < 1.29 is 29.1 Å². The number of carbonyl (C=O) groups is 2. The summed E-state index contributed by atoms with van der Waals surface area (Å²) < 4.78 is 11.9. The zero-order valence-corrected chi connectivity index (χ0v) is 28.4. The summed E-state index contributed by atoms with van der Waals surface area (Å²) in [5.74, 6) is -1.92. The van der Waals surface area contributed by atoms with E-state index in [1.165, 1.54) is 11.0 Å². The minimum atomic E-state index is -1.09. The van der Waals surface area contributed by atoms with Gasteiger partial charge in [0.15, 0.2) is 0 Å². The van der Waals surface area contributed by atoms with Gasteiger partial charge in [0.05, 0.1) is 35.3 Å². The number of fused-ring (bicyclic) bond motifs is 3. The molecule has 2 aliphatic heterocycles. The Balaban J connectivity index is 1.16. The number of allylic oxidation sites excluding steroid dienone is 1. The van der Waals surface area contributed by atoms with Gasteiger partial charge in [-0.1, -0.05) is 60.1 Å². The zero-order valence-electron chi connectivity index (χ0n) is 27.7. The smallest absolute Gasteiger partial charge is 0.455 e. The Morgan fingerprint density at radius 2 is 1.66 bits per heavy atom. The molecule has 0 radical (unpaired) electrons. The van der Waals surface area contributed by atoms with Crippen molar-refractivity contribution in [1.82, 2.24) is 0 Å². The number of ether oxygens (including phenoxy) is 1. The Bertz CT molecular complexity index is 1930. The molecule has 0 spiro atoms. The Morgan fingerprint density at radius 3 is 2.36 bits per heavy atom. The van der Waals surface area contributed by atoms with Gasteiger partial charge in [-0.05, 0) is 120 Å². The van der Waals surface area contributed by atoms with Crippen molar-refractivity contribution in [3.63, 3.8) is 0 Å². The van der Waals surface area contributed by atoms with E-state index >= 15 is 0 Å². The third-order valence-corrected chi connectivity index (χ3v) is 10.3. The van der Waals surface area contributed by atoms with Crippen LogP contribution in [0.2, 0.25) is 11.3 Å². The van der Waals surface area contributed by atoms with Crippen LogP contribution in [0, 0.1) is 17.8 Å². The van der Waals surface area contributed by atoms with Gasteiger partial charge in [0.25, 0.3) is 0 Å². The molecule has 2 amide bonds. The number of rotatable bonds is 10. The molecule has 8 nitrogen and oxygen atoms in total. The van der Waals surface area contributed by atoms with Gasteiger partial charge >= 0.3 is 7.12 Å². The monoisotopic (exact) mass is 688 g/mol.